The number of carbonyl (C=O) groups excluding carboxylic acids is 2. The zero-order valence-corrected chi connectivity index (χ0v) is 17.8. The standard InChI is InChI=1S/C21H30Cl2N2O2/c1-3-8-20(26)25(14-15-11-12-16(22)13-18(15)23)19(4-2)21(27)24-17-9-6-5-7-10-17/h11-13,17,19H,3-10,14H2,1-2H3,(H,24,27). The molecule has 27 heavy (non-hydrogen) atoms. The normalized spacial score (nSPS) is 16.0. The lowest BCUT2D eigenvalue weighted by atomic mass is 9.95. The van der Waals surface area contributed by atoms with Crippen LogP contribution in [0.25, 0.3) is 0 Å². The van der Waals surface area contributed by atoms with Crippen LogP contribution in [-0.2, 0) is 16.1 Å². The summed E-state index contributed by atoms with van der Waals surface area (Å²) in [6, 6.07) is 4.99. The highest BCUT2D eigenvalue weighted by Crippen LogP contribution is 2.24. The molecular formula is C21H30Cl2N2O2. The summed E-state index contributed by atoms with van der Waals surface area (Å²) in [7, 11) is 0. The first kappa shape index (κ1) is 22.0. The summed E-state index contributed by atoms with van der Waals surface area (Å²) in [4.78, 5) is 27.4. The molecule has 1 saturated carbocycles. The molecule has 1 aromatic carbocycles. The molecule has 0 aromatic heterocycles. The van der Waals surface area contributed by atoms with Crippen LogP contribution in [0.5, 0.6) is 0 Å². The van der Waals surface area contributed by atoms with Crippen molar-refractivity contribution in [3.63, 3.8) is 0 Å². The molecule has 1 aliphatic rings. The minimum Gasteiger partial charge on any atom is -0.352 e. The van der Waals surface area contributed by atoms with E-state index in [4.69, 9.17) is 23.2 Å². The Hall–Kier alpha value is -1.26. The smallest absolute Gasteiger partial charge is 0.243 e. The number of nitrogens with one attached hydrogen (secondary N) is 1. The van der Waals surface area contributed by atoms with Gasteiger partial charge in [0.25, 0.3) is 0 Å². The van der Waals surface area contributed by atoms with E-state index in [1.165, 1.54) is 6.42 Å². The van der Waals surface area contributed by atoms with Crippen LogP contribution in [0.4, 0.5) is 0 Å². The van der Waals surface area contributed by atoms with E-state index >= 15 is 0 Å². The third-order valence-electron chi connectivity index (χ3n) is 5.16. The highest BCUT2D eigenvalue weighted by molar-refractivity contribution is 6.35. The van der Waals surface area contributed by atoms with Gasteiger partial charge in [0.15, 0.2) is 0 Å². The molecule has 1 unspecified atom stereocenters. The first-order valence-electron chi connectivity index (χ1n) is 10.00. The van der Waals surface area contributed by atoms with Crippen LogP contribution in [0.15, 0.2) is 18.2 Å². The number of benzene rings is 1. The van der Waals surface area contributed by atoms with Crippen LogP contribution >= 0.6 is 23.2 Å². The van der Waals surface area contributed by atoms with Crippen molar-refractivity contribution in [3.8, 4) is 0 Å². The largest absolute Gasteiger partial charge is 0.352 e. The molecule has 0 bridgehead atoms. The van der Waals surface area contributed by atoms with E-state index in [1.54, 1.807) is 17.0 Å². The van der Waals surface area contributed by atoms with Crippen molar-refractivity contribution in [1.82, 2.24) is 10.2 Å². The van der Waals surface area contributed by atoms with Gasteiger partial charge in [0.2, 0.25) is 11.8 Å². The number of carbonyl (C=O) groups is 2. The maximum atomic E-state index is 13.0. The first-order chi connectivity index (χ1) is 13.0. The van der Waals surface area contributed by atoms with E-state index in [9.17, 15) is 9.59 Å². The van der Waals surface area contributed by atoms with Crippen LogP contribution in [0, 0.1) is 0 Å². The first-order valence-corrected chi connectivity index (χ1v) is 10.8. The number of hydrogen-bond donors (Lipinski definition) is 1. The second-order valence-corrected chi connectivity index (χ2v) is 8.12. The molecule has 2 amide bonds. The second kappa shape index (κ2) is 10.9. The molecule has 6 heteroatoms. The van der Waals surface area contributed by atoms with Crippen molar-refractivity contribution in [2.45, 2.75) is 83.8 Å². The van der Waals surface area contributed by atoms with Gasteiger partial charge in [-0.25, -0.2) is 0 Å². The van der Waals surface area contributed by atoms with E-state index < -0.39 is 6.04 Å². The Bertz CT molecular complexity index is 645. The van der Waals surface area contributed by atoms with Crippen molar-refractivity contribution in [2.75, 3.05) is 0 Å². The molecular weight excluding hydrogens is 383 g/mol. The number of halogens is 2. The van der Waals surface area contributed by atoms with Crippen molar-refractivity contribution in [1.29, 1.82) is 0 Å². The topological polar surface area (TPSA) is 49.4 Å². The second-order valence-electron chi connectivity index (χ2n) is 7.27. The van der Waals surface area contributed by atoms with E-state index in [1.807, 2.05) is 19.9 Å². The van der Waals surface area contributed by atoms with Gasteiger partial charge in [-0.3, -0.25) is 9.59 Å². The molecule has 0 spiro atoms. The minimum atomic E-state index is -0.488. The Labute approximate surface area is 172 Å². The van der Waals surface area contributed by atoms with Gasteiger partial charge in [0, 0.05) is 29.1 Å². The summed E-state index contributed by atoms with van der Waals surface area (Å²) in [5, 5.41) is 4.24. The van der Waals surface area contributed by atoms with Gasteiger partial charge < -0.3 is 10.2 Å². The Morgan fingerprint density at radius 2 is 1.89 bits per heavy atom. The zero-order valence-electron chi connectivity index (χ0n) is 16.3. The summed E-state index contributed by atoms with van der Waals surface area (Å²) in [6.07, 6.45) is 7.31. The highest BCUT2D eigenvalue weighted by atomic mass is 35.5. The Morgan fingerprint density at radius 3 is 2.48 bits per heavy atom. The van der Waals surface area contributed by atoms with Crippen LogP contribution < -0.4 is 5.32 Å². The highest BCUT2D eigenvalue weighted by Gasteiger charge is 2.30. The average Bonchev–Trinajstić information content (AvgIpc) is 2.64. The van der Waals surface area contributed by atoms with Crippen LogP contribution in [-0.4, -0.2) is 28.8 Å². The predicted molar refractivity (Wildman–Crippen MR) is 111 cm³/mol. The Kier molecular flexibility index (Phi) is 8.91. The monoisotopic (exact) mass is 412 g/mol. The van der Waals surface area contributed by atoms with E-state index in [0.29, 0.717) is 29.4 Å². The summed E-state index contributed by atoms with van der Waals surface area (Å²) < 4.78 is 0. The molecule has 4 nitrogen and oxygen atoms in total. The van der Waals surface area contributed by atoms with Crippen molar-refractivity contribution < 1.29 is 9.59 Å². The summed E-state index contributed by atoms with van der Waals surface area (Å²) in [5.74, 6) is -0.0758. The zero-order chi connectivity index (χ0) is 19.8. The van der Waals surface area contributed by atoms with Gasteiger partial charge in [0.05, 0.1) is 0 Å². The van der Waals surface area contributed by atoms with Gasteiger partial charge in [-0.15, -0.1) is 0 Å². The van der Waals surface area contributed by atoms with Gasteiger partial charge in [-0.1, -0.05) is 62.4 Å². The van der Waals surface area contributed by atoms with Crippen molar-refractivity contribution >= 4 is 35.0 Å². The van der Waals surface area contributed by atoms with Crippen LogP contribution in [0.2, 0.25) is 10.0 Å². The van der Waals surface area contributed by atoms with E-state index in [-0.39, 0.29) is 17.9 Å². The third kappa shape index (κ3) is 6.39. The molecule has 0 radical (unpaired) electrons. The number of nitrogens with zero attached hydrogens (tertiary/aromatic N) is 1. The SMILES string of the molecule is CCCC(=O)N(Cc1ccc(Cl)cc1Cl)C(CC)C(=O)NC1CCCCC1. The molecule has 1 fully saturated rings. The van der Waals surface area contributed by atoms with Crippen LogP contribution in [0.3, 0.4) is 0 Å². The molecule has 0 heterocycles. The van der Waals surface area contributed by atoms with Gasteiger partial charge >= 0.3 is 0 Å². The Morgan fingerprint density at radius 1 is 1.19 bits per heavy atom. The van der Waals surface area contributed by atoms with E-state index in [2.05, 4.69) is 5.32 Å². The van der Waals surface area contributed by atoms with Crippen molar-refractivity contribution in [2.24, 2.45) is 0 Å². The van der Waals surface area contributed by atoms with Gasteiger partial charge in [0.1, 0.15) is 6.04 Å². The predicted octanol–water partition coefficient (Wildman–Crippen LogP) is 5.35. The summed E-state index contributed by atoms with van der Waals surface area (Å²) >= 11 is 12.3. The lowest BCUT2D eigenvalue weighted by Crippen LogP contribution is -2.51. The molecule has 1 aromatic rings. The fraction of sp³-hybridized carbons (Fsp3) is 0.619. The number of hydrogen-bond acceptors (Lipinski definition) is 2. The lowest BCUT2D eigenvalue weighted by molar-refractivity contribution is -0.141. The summed E-state index contributed by atoms with van der Waals surface area (Å²) in [6.45, 7) is 4.22. The number of amides is 2. The maximum absolute atomic E-state index is 13.0. The molecule has 0 saturated heterocycles. The molecule has 0 aliphatic heterocycles. The third-order valence-corrected chi connectivity index (χ3v) is 5.74. The lowest BCUT2D eigenvalue weighted by Gasteiger charge is -2.33. The molecule has 1 aliphatic carbocycles. The minimum absolute atomic E-state index is 0.0193. The van der Waals surface area contributed by atoms with Crippen molar-refractivity contribution in [3.05, 3.63) is 33.8 Å². The quantitative estimate of drug-likeness (QED) is 0.625. The molecule has 1 atom stereocenters. The fourth-order valence-corrected chi connectivity index (χ4v) is 4.12. The maximum Gasteiger partial charge on any atom is 0.243 e. The summed E-state index contributed by atoms with van der Waals surface area (Å²) in [5.41, 5.74) is 0.800. The molecule has 150 valence electrons. The average molecular weight is 413 g/mol. The van der Waals surface area contributed by atoms with E-state index in [0.717, 1.165) is 37.7 Å². The Balaban J connectivity index is 2.18. The molecule has 2 rings (SSSR count). The molecule has 1 N–H and O–H groups in total. The van der Waals surface area contributed by atoms with Gasteiger partial charge in [-0.05, 0) is 43.4 Å². The van der Waals surface area contributed by atoms with Crippen LogP contribution in [0.1, 0.15) is 70.8 Å². The van der Waals surface area contributed by atoms with Gasteiger partial charge in [-0.2, -0.15) is 0 Å². The fourth-order valence-electron chi connectivity index (χ4n) is 3.65. The number of rotatable bonds is 8.